The number of hydrogen-bond acceptors (Lipinski definition) is 1. The molecule has 0 amide bonds. The number of rotatable bonds is 2. The summed E-state index contributed by atoms with van der Waals surface area (Å²) in [6.45, 7) is 6.66. The van der Waals surface area contributed by atoms with Crippen LogP contribution in [-0.4, -0.2) is 0 Å². The number of hydrogen-bond donors (Lipinski definition) is 1. The van der Waals surface area contributed by atoms with Crippen LogP contribution in [0.1, 0.15) is 43.5 Å². The van der Waals surface area contributed by atoms with Gasteiger partial charge >= 0.3 is 0 Å². The van der Waals surface area contributed by atoms with E-state index in [9.17, 15) is 0 Å². The van der Waals surface area contributed by atoms with E-state index in [1.54, 1.807) is 0 Å². The summed E-state index contributed by atoms with van der Waals surface area (Å²) >= 11 is 0. The lowest BCUT2D eigenvalue weighted by Crippen LogP contribution is -2.14. The summed E-state index contributed by atoms with van der Waals surface area (Å²) in [7, 11) is 0. The first-order chi connectivity index (χ1) is 8.48. The van der Waals surface area contributed by atoms with Crippen molar-refractivity contribution in [3.8, 4) is 0 Å². The molecule has 0 bridgehead atoms. The highest BCUT2D eigenvalue weighted by Gasteiger charge is 2.14. The molecule has 0 saturated carbocycles. The van der Waals surface area contributed by atoms with Gasteiger partial charge in [0.2, 0.25) is 0 Å². The van der Waals surface area contributed by atoms with Crippen molar-refractivity contribution in [3.63, 3.8) is 0 Å². The summed E-state index contributed by atoms with van der Waals surface area (Å²) in [5, 5.41) is 0. The molecule has 0 aromatic heterocycles. The van der Waals surface area contributed by atoms with E-state index in [0.29, 0.717) is 0 Å². The number of benzene rings is 2. The summed E-state index contributed by atoms with van der Waals surface area (Å²) < 4.78 is 0. The van der Waals surface area contributed by atoms with Crippen LogP contribution >= 0.6 is 0 Å². The molecule has 0 saturated heterocycles. The summed E-state index contributed by atoms with van der Waals surface area (Å²) in [4.78, 5) is 0. The molecular weight excluding hydrogens is 218 g/mol. The highest BCUT2D eigenvalue weighted by Crippen LogP contribution is 2.25. The minimum atomic E-state index is -0.0415. The summed E-state index contributed by atoms with van der Waals surface area (Å²) in [6.07, 6.45) is 0. The Bertz CT molecular complexity index is 491. The quantitative estimate of drug-likeness (QED) is 0.841. The van der Waals surface area contributed by atoms with Crippen LogP contribution in [0.5, 0.6) is 0 Å². The maximum absolute atomic E-state index is 6.28. The van der Waals surface area contributed by atoms with Crippen molar-refractivity contribution in [2.24, 2.45) is 5.73 Å². The largest absolute Gasteiger partial charge is 0.320 e. The molecule has 2 aromatic rings. The van der Waals surface area contributed by atoms with E-state index >= 15 is 0 Å². The molecule has 2 N–H and O–H groups in total. The van der Waals surface area contributed by atoms with Gasteiger partial charge in [-0.3, -0.25) is 0 Å². The predicted molar refractivity (Wildman–Crippen MR) is 77.6 cm³/mol. The van der Waals surface area contributed by atoms with Crippen molar-refractivity contribution >= 4 is 0 Å². The van der Waals surface area contributed by atoms with E-state index in [2.05, 4.69) is 57.2 Å². The molecular formula is C17H21N. The Labute approximate surface area is 110 Å². The monoisotopic (exact) mass is 239 g/mol. The highest BCUT2D eigenvalue weighted by molar-refractivity contribution is 5.34. The van der Waals surface area contributed by atoms with E-state index in [1.165, 1.54) is 5.56 Å². The van der Waals surface area contributed by atoms with Crippen LogP contribution in [-0.2, 0) is 5.41 Å². The van der Waals surface area contributed by atoms with Gasteiger partial charge < -0.3 is 5.73 Å². The smallest absolute Gasteiger partial charge is 0.0551 e. The van der Waals surface area contributed by atoms with Crippen LogP contribution in [0.4, 0.5) is 0 Å². The average Bonchev–Trinajstić information content (AvgIpc) is 2.38. The molecule has 2 rings (SSSR count). The minimum Gasteiger partial charge on any atom is -0.320 e. The molecule has 1 nitrogen and oxygen atoms in total. The lowest BCUT2D eigenvalue weighted by molar-refractivity contribution is 0.589. The molecule has 0 heterocycles. The van der Waals surface area contributed by atoms with E-state index in [-0.39, 0.29) is 11.5 Å². The van der Waals surface area contributed by atoms with Crippen molar-refractivity contribution in [1.29, 1.82) is 0 Å². The van der Waals surface area contributed by atoms with Gasteiger partial charge in [-0.1, -0.05) is 75.4 Å². The molecule has 1 atom stereocenters. The van der Waals surface area contributed by atoms with Gasteiger partial charge in [-0.25, -0.2) is 0 Å². The fourth-order valence-corrected chi connectivity index (χ4v) is 2.04. The van der Waals surface area contributed by atoms with Crippen LogP contribution in [0.15, 0.2) is 54.6 Å². The number of nitrogens with two attached hydrogens (primary N) is 1. The molecule has 2 aromatic carbocycles. The average molecular weight is 239 g/mol. The first-order valence-electron chi connectivity index (χ1n) is 6.39. The van der Waals surface area contributed by atoms with Crippen LogP contribution in [0.3, 0.4) is 0 Å². The van der Waals surface area contributed by atoms with Gasteiger partial charge in [0.05, 0.1) is 6.04 Å². The lowest BCUT2D eigenvalue weighted by Gasteiger charge is -2.20. The van der Waals surface area contributed by atoms with Crippen LogP contribution in [0.2, 0.25) is 0 Å². The van der Waals surface area contributed by atoms with E-state index < -0.39 is 0 Å². The Hall–Kier alpha value is -1.60. The van der Waals surface area contributed by atoms with Gasteiger partial charge in [0.25, 0.3) is 0 Å². The molecule has 0 radical (unpaired) electrons. The molecule has 0 aliphatic rings. The van der Waals surface area contributed by atoms with Crippen molar-refractivity contribution < 1.29 is 0 Å². The van der Waals surface area contributed by atoms with Crippen molar-refractivity contribution in [1.82, 2.24) is 0 Å². The Morgan fingerprint density at radius 2 is 1.28 bits per heavy atom. The molecule has 0 fully saturated rings. The molecule has 1 heteroatoms. The van der Waals surface area contributed by atoms with Crippen molar-refractivity contribution in [2.75, 3.05) is 0 Å². The fourth-order valence-electron chi connectivity index (χ4n) is 2.04. The third kappa shape index (κ3) is 2.80. The Balaban J connectivity index is 2.25. The maximum atomic E-state index is 6.28. The Kier molecular flexibility index (Phi) is 3.53. The maximum Gasteiger partial charge on any atom is 0.0551 e. The first kappa shape index (κ1) is 12.8. The molecule has 0 aliphatic heterocycles. The predicted octanol–water partition coefficient (Wildman–Crippen LogP) is 4.03. The van der Waals surface area contributed by atoms with Gasteiger partial charge in [-0.05, 0) is 22.1 Å². The second kappa shape index (κ2) is 4.95. The molecule has 0 aliphatic carbocycles. The zero-order valence-corrected chi connectivity index (χ0v) is 11.4. The van der Waals surface area contributed by atoms with Gasteiger partial charge in [0.1, 0.15) is 0 Å². The standard InChI is InChI=1S/C17H21N/c1-17(2,3)15-11-9-14(10-12-15)16(18)13-7-5-4-6-8-13/h4-12,16H,18H2,1-3H3. The van der Waals surface area contributed by atoms with Gasteiger partial charge in [-0.2, -0.15) is 0 Å². The normalized spacial score (nSPS) is 13.3. The van der Waals surface area contributed by atoms with E-state index in [0.717, 1.165) is 11.1 Å². The first-order valence-corrected chi connectivity index (χ1v) is 6.39. The van der Waals surface area contributed by atoms with Crippen LogP contribution < -0.4 is 5.73 Å². The topological polar surface area (TPSA) is 26.0 Å². The van der Waals surface area contributed by atoms with Gasteiger partial charge in [-0.15, -0.1) is 0 Å². The lowest BCUT2D eigenvalue weighted by atomic mass is 9.86. The third-order valence-electron chi connectivity index (χ3n) is 3.29. The van der Waals surface area contributed by atoms with E-state index in [1.807, 2.05) is 18.2 Å². The second-order valence-corrected chi connectivity index (χ2v) is 5.76. The van der Waals surface area contributed by atoms with Crippen LogP contribution in [0.25, 0.3) is 0 Å². The summed E-state index contributed by atoms with van der Waals surface area (Å²) in [5.41, 5.74) is 10.1. The third-order valence-corrected chi connectivity index (χ3v) is 3.29. The minimum absolute atomic E-state index is 0.0415. The van der Waals surface area contributed by atoms with Crippen LogP contribution in [0, 0.1) is 0 Å². The Morgan fingerprint density at radius 3 is 1.78 bits per heavy atom. The zero-order chi connectivity index (χ0) is 13.2. The second-order valence-electron chi connectivity index (χ2n) is 5.76. The van der Waals surface area contributed by atoms with Gasteiger partial charge in [0.15, 0.2) is 0 Å². The van der Waals surface area contributed by atoms with Gasteiger partial charge in [0, 0.05) is 0 Å². The molecule has 1 unspecified atom stereocenters. The SMILES string of the molecule is CC(C)(C)c1ccc(C(N)c2ccccc2)cc1. The molecule has 0 spiro atoms. The summed E-state index contributed by atoms with van der Waals surface area (Å²) in [5.74, 6) is 0. The molecule has 94 valence electrons. The fraction of sp³-hybridized carbons (Fsp3) is 0.294. The molecule has 18 heavy (non-hydrogen) atoms. The van der Waals surface area contributed by atoms with E-state index in [4.69, 9.17) is 5.73 Å². The zero-order valence-electron chi connectivity index (χ0n) is 11.4. The highest BCUT2D eigenvalue weighted by atomic mass is 14.6. The Morgan fingerprint density at radius 1 is 0.778 bits per heavy atom. The van der Waals surface area contributed by atoms with Crippen molar-refractivity contribution in [3.05, 3.63) is 71.3 Å². The summed E-state index contributed by atoms with van der Waals surface area (Å²) in [6, 6.07) is 18.8. The van der Waals surface area contributed by atoms with Crippen molar-refractivity contribution in [2.45, 2.75) is 32.2 Å².